The van der Waals surface area contributed by atoms with Crippen LogP contribution >= 0.6 is 0 Å². The van der Waals surface area contributed by atoms with Crippen LogP contribution in [0.25, 0.3) is 28.4 Å². The number of hydrogen-bond donors (Lipinski definition) is 0. The Morgan fingerprint density at radius 3 is 2.76 bits per heavy atom. The highest BCUT2D eigenvalue weighted by Gasteiger charge is 2.10. The molecule has 3 aromatic rings. The average Bonchev–Trinajstić information content (AvgIpc) is 2.85. The third-order valence-corrected chi connectivity index (χ3v) is 5.59. The molecule has 0 bridgehead atoms. The largest absolute Gasteiger partial charge is 0.489 e. The Kier molecular flexibility index (Phi) is 10.2. The van der Waals surface area contributed by atoms with Crippen LogP contribution in [0.1, 0.15) is 57.9 Å². The lowest BCUT2D eigenvalue weighted by Gasteiger charge is -2.12. The molecule has 2 aromatic carbocycles. The predicted molar refractivity (Wildman–Crippen MR) is 138 cm³/mol. The van der Waals surface area contributed by atoms with Gasteiger partial charge in [-0.05, 0) is 62.4 Å². The molecule has 0 aliphatic rings. The summed E-state index contributed by atoms with van der Waals surface area (Å²) >= 11 is 0. The van der Waals surface area contributed by atoms with Crippen LogP contribution in [0.2, 0.25) is 0 Å². The summed E-state index contributed by atoms with van der Waals surface area (Å²) in [5, 5.41) is 0. The van der Waals surface area contributed by atoms with E-state index in [1.165, 1.54) is 18.9 Å². The van der Waals surface area contributed by atoms with Crippen molar-refractivity contribution in [3.05, 3.63) is 72.7 Å². The van der Waals surface area contributed by atoms with Crippen LogP contribution in [0.15, 0.2) is 61.3 Å². The zero-order valence-corrected chi connectivity index (χ0v) is 20.3. The minimum Gasteiger partial charge on any atom is -0.489 e. The summed E-state index contributed by atoms with van der Waals surface area (Å²) in [5.74, 6) is 0.0655. The summed E-state index contributed by atoms with van der Waals surface area (Å²) in [4.78, 5) is 9.12. The van der Waals surface area contributed by atoms with E-state index in [4.69, 9.17) is 9.47 Å². The molecule has 1 atom stereocenters. The predicted octanol–water partition coefficient (Wildman–Crippen LogP) is 7.78. The van der Waals surface area contributed by atoms with Crippen molar-refractivity contribution in [3.8, 4) is 17.0 Å². The van der Waals surface area contributed by atoms with Crippen molar-refractivity contribution >= 4 is 17.1 Å². The van der Waals surface area contributed by atoms with Gasteiger partial charge in [-0.15, -0.1) is 0 Å². The first kappa shape index (κ1) is 25.6. The minimum absolute atomic E-state index is 0.316. The van der Waals surface area contributed by atoms with Gasteiger partial charge in [0.25, 0.3) is 0 Å². The number of rotatable bonds is 14. The number of unbranched alkanes of at least 4 members (excludes halogenated alkanes) is 3. The van der Waals surface area contributed by atoms with E-state index in [1.807, 2.05) is 18.2 Å². The molecular weight excluding hydrogens is 427 g/mol. The summed E-state index contributed by atoms with van der Waals surface area (Å²) in [6.07, 6.45) is 14.7. The van der Waals surface area contributed by atoms with Crippen molar-refractivity contribution in [2.45, 2.75) is 58.5 Å². The van der Waals surface area contributed by atoms with Crippen molar-refractivity contribution in [2.75, 3.05) is 13.2 Å². The molecule has 0 spiro atoms. The molecule has 0 fully saturated rings. The van der Waals surface area contributed by atoms with Crippen molar-refractivity contribution in [1.29, 1.82) is 0 Å². The molecule has 0 radical (unpaired) electrons. The second-order valence-corrected chi connectivity index (χ2v) is 8.47. The molecule has 0 N–H and O–H groups in total. The van der Waals surface area contributed by atoms with Crippen LogP contribution in [-0.2, 0) is 4.74 Å². The minimum atomic E-state index is -0.393. The maximum Gasteiger partial charge on any atom is 0.136 e. The second kappa shape index (κ2) is 13.6. The molecule has 34 heavy (non-hydrogen) atoms. The van der Waals surface area contributed by atoms with Gasteiger partial charge in [-0.25, -0.2) is 9.37 Å². The lowest BCUT2D eigenvalue weighted by atomic mass is 10.1. The molecule has 4 nitrogen and oxygen atoms in total. The molecule has 1 aromatic heterocycles. The Bertz CT molecular complexity index is 1100. The van der Waals surface area contributed by atoms with Crippen LogP contribution in [0.5, 0.6) is 5.75 Å². The molecule has 0 saturated heterocycles. The Morgan fingerprint density at radius 1 is 1.09 bits per heavy atom. The van der Waals surface area contributed by atoms with E-state index in [9.17, 15) is 4.39 Å². The second-order valence-electron chi connectivity index (χ2n) is 8.47. The van der Waals surface area contributed by atoms with E-state index < -0.39 is 5.82 Å². The first-order valence-corrected chi connectivity index (χ1v) is 12.2. The molecule has 0 saturated carbocycles. The summed E-state index contributed by atoms with van der Waals surface area (Å²) in [6, 6.07) is 10.7. The SMILES string of the molecule is C=CCOc1ccc(-c2cnc3cc(/C=C/CCCC(C)OCCCCC)ccc3n2)c(F)c1. The van der Waals surface area contributed by atoms with E-state index in [1.54, 1.807) is 24.4 Å². The van der Waals surface area contributed by atoms with Gasteiger partial charge in [-0.3, -0.25) is 4.98 Å². The highest BCUT2D eigenvalue weighted by Crippen LogP contribution is 2.26. The fourth-order valence-corrected chi connectivity index (χ4v) is 3.67. The number of ether oxygens (including phenoxy) is 2. The number of halogens is 1. The summed E-state index contributed by atoms with van der Waals surface area (Å²) in [6.45, 7) is 9.16. The molecule has 0 aliphatic carbocycles. The highest BCUT2D eigenvalue weighted by atomic mass is 19.1. The topological polar surface area (TPSA) is 44.2 Å². The lowest BCUT2D eigenvalue weighted by Crippen LogP contribution is -2.08. The van der Waals surface area contributed by atoms with Gasteiger partial charge in [0.2, 0.25) is 0 Å². The Hall–Kier alpha value is -3.05. The van der Waals surface area contributed by atoms with E-state index in [-0.39, 0.29) is 0 Å². The zero-order chi connectivity index (χ0) is 24.2. The third-order valence-electron chi connectivity index (χ3n) is 5.59. The monoisotopic (exact) mass is 462 g/mol. The number of nitrogens with zero attached hydrogens (tertiary/aromatic N) is 2. The van der Waals surface area contributed by atoms with Crippen LogP contribution in [-0.4, -0.2) is 29.3 Å². The average molecular weight is 463 g/mol. The highest BCUT2D eigenvalue weighted by molar-refractivity contribution is 5.79. The maximum atomic E-state index is 14.6. The van der Waals surface area contributed by atoms with Crippen molar-refractivity contribution < 1.29 is 13.9 Å². The molecule has 180 valence electrons. The number of hydrogen-bond acceptors (Lipinski definition) is 4. The number of aromatic nitrogens is 2. The molecule has 5 heteroatoms. The van der Waals surface area contributed by atoms with Crippen LogP contribution < -0.4 is 4.74 Å². The van der Waals surface area contributed by atoms with Gasteiger partial charge in [-0.2, -0.15) is 0 Å². The first-order valence-electron chi connectivity index (χ1n) is 12.2. The fourth-order valence-electron chi connectivity index (χ4n) is 3.67. The van der Waals surface area contributed by atoms with Gasteiger partial charge in [-0.1, -0.05) is 50.6 Å². The van der Waals surface area contributed by atoms with Crippen molar-refractivity contribution in [3.63, 3.8) is 0 Å². The molecule has 1 unspecified atom stereocenters. The summed E-state index contributed by atoms with van der Waals surface area (Å²) < 4.78 is 25.8. The summed E-state index contributed by atoms with van der Waals surface area (Å²) in [5.41, 5.74) is 3.48. The van der Waals surface area contributed by atoms with Crippen molar-refractivity contribution in [1.82, 2.24) is 9.97 Å². The van der Waals surface area contributed by atoms with E-state index in [0.717, 1.165) is 48.9 Å². The van der Waals surface area contributed by atoms with Gasteiger partial charge in [0.15, 0.2) is 0 Å². The number of fused-ring (bicyclic) bond motifs is 1. The quantitative estimate of drug-likeness (QED) is 0.181. The molecule has 0 amide bonds. The molecule has 0 aliphatic heterocycles. The molecule has 1 heterocycles. The van der Waals surface area contributed by atoms with Gasteiger partial charge in [0.1, 0.15) is 18.2 Å². The van der Waals surface area contributed by atoms with Gasteiger partial charge in [0.05, 0.1) is 29.0 Å². The van der Waals surface area contributed by atoms with Crippen molar-refractivity contribution in [2.24, 2.45) is 0 Å². The third kappa shape index (κ3) is 7.77. The Morgan fingerprint density at radius 2 is 1.97 bits per heavy atom. The normalized spacial score (nSPS) is 12.3. The standard InChI is InChI=1S/C29H35FN2O2/c1-4-6-10-18-33-22(3)11-8-7-9-12-23-13-16-27-28(19-23)31-21-29(32-27)25-15-14-24(20-26(25)30)34-17-5-2/h5,9,12-16,19-22H,2,4,6-8,10-11,17-18H2,1,3H3/b12-9+. The Balaban J connectivity index is 1.55. The van der Waals surface area contributed by atoms with Crippen LogP contribution in [0, 0.1) is 5.82 Å². The zero-order valence-electron chi connectivity index (χ0n) is 20.3. The van der Waals surface area contributed by atoms with Crippen LogP contribution in [0.4, 0.5) is 4.39 Å². The number of benzene rings is 2. The Labute approximate surface area is 202 Å². The first-order chi connectivity index (χ1) is 16.6. The van der Waals surface area contributed by atoms with Gasteiger partial charge >= 0.3 is 0 Å². The van der Waals surface area contributed by atoms with Gasteiger partial charge < -0.3 is 9.47 Å². The fraction of sp³-hybridized carbons (Fsp3) is 0.379. The maximum absolute atomic E-state index is 14.6. The van der Waals surface area contributed by atoms with E-state index in [2.05, 4.69) is 42.5 Å². The number of allylic oxidation sites excluding steroid dienone is 1. The van der Waals surface area contributed by atoms with E-state index in [0.29, 0.717) is 29.7 Å². The smallest absolute Gasteiger partial charge is 0.136 e. The van der Waals surface area contributed by atoms with Crippen LogP contribution in [0.3, 0.4) is 0 Å². The molecular formula is C29H35FN2O2. The summed E-state index contributed by atoms with van der Waals surface area (Å²) in [7, 11) is 0. The van der Waals surface area contributed by atoms with Gasteiger partial charge in [0, 0.05) is 18.2 Å². The molecule has 3 rings (SSSR count). The lowest BCUT2D eigenvalue weighted by molar-refractivity contribution is 0.0566. The van der Waals surface area contributed by atoms with E-state index >= 15 is 0 Å².